The second kappa shape index (κ2) is 63.3. The predicted molar refractivity (Wildman–Crippen MR) is 479 cm³/mol. The molecule has 0 unspecified atom stereocenters. The van der Waals surface area contributed by atoms with Gasteiger partial charge in [-0.05, 0) is 181 Å². The van der Waals surface area contributed by atoms with Crippen LogP contribution in [0.5, 0.6) is 34.5 Å². The van der Waals surface area contributed by atoms with E-state index in [9.17, 15) is 84.1 Å². The van der Waals surface area contributed by atoms with E-state index in [1.165, 1.54) is 131 Å². The van der Waals surface area contributed by atoms with Crippen molar-refractivity contribution in [3.63, 3.8) is 0 Å². The fourth-order valence-corrected chi connectivity index (χ4v) is 10.7. The fourth-order valence-electron chi connectivity index (χ4n) is 9.73. The lowest BCUT2D eigenvalue weighted by Crippen LogP contribution is -2.04. The average Bonchev–Trinajstić information content (AvgIpc) is 1.06. The summed E-state index contributed by atoms with van der Waals surface area (Å²) in [7, 11) is 5.94. The number of benzene rings is 8. The second-order valence-electron chi connectivity index (χ2n) is 26.1. The third-order valence-electron chi connectivity index (χ3n) is 17.2. The molecule has 9 aromatic rings. The molecule has 8 aromatic carbocycles. The molecule has 1 aromatic heterocycles. The summed E-state index contributed by atoms with van der Waals surface area (Å²) in [6.45, 7) is 31.1. The van der Waals surface area contributed by atoms with Gasteiger partial charge in [0.15, 0.2) is 28.7 Å². The minimum Gasteiger partial charge on any atom is -0.508 e. The number of ether oxygens (including phenoxy) is 4. The second-order valence-corrected chi connectivity index (χ2v) is 27.3. The van der Waals surface area contributed by atoms with Gasteiger partial charge in [-0.3, -0.25) is 60.7 Å². The van der Waals surface area contributed by atoms with Gasteiger partial charge in [0.05, 0.1) is 75.2 Å². The Morgan fingerprint density at radius 3 is 1.32 bits per heavy atom. The highest BCUT2D eigenvalue weighted by Crippen LogP contribution is 2.36. The first kappa shape index (κ1) is 110. The van der Waals surface area contributed by atoms with E-state index in [0.29, 0.717) is 76.0 Å². The van der Waals surface area contributed by atoms with Crippen LogP contribution in [0.4, 0.5) is 47.3 Å². The van der Waals surface area contributed by atoms with Crippen LogP contribution in [0.2, 0.25) is 5.02 Å². The van der Waals surface area contributed by atoms with Crippen molar-refractivity contribution in [3.05, 3.63) is 308 Å². The number of hydrogen-bond acceptors (Lipinski definition) is 19. The smallest absolute Gasteiger partial charge is 0.416 e. The van der Waals surface area contributed by atoms with Gasteiger partial charge < -0.3 is 29.2 Å². The van der Waals surface area contributed by atoms with Crippen molar-refractivity contribution in [1.29, 1.82) is 0 Å². The number of nitro benzene ring substituents is 6. The zero-order valence-electron chi connectivity index (χ0n) is 72.4. The zero-order valence-corrected chi connectivity index (χ0v) is 74.0. The molecule has 656 valence electrons. The van der Waals surface area contributed by atoms with Gasteiger partial charge in [0.2, 0.25) is 0 Å². The average molecular weight is 1710 g/mol. The first-order valence-corrected chi connectivity index (χ1v) is 40.7. The first-order valence-electron chi connectivity index (χ1n) is 39.4. The lowest BCUT2D eigenvalue weighted by molar-refractivity contribution is -0.386. The van der Waals surface area contributed by atoms with E-state index in [1.54, 1.807) is 91.3 Å². The number of halogens is 4. The summed E-state index contributed by atoms with van der Waals surface area (Å²) in [4.78, 5) is 60.5. The minimum atomic E-state index is -4.22. The molecule has 0 bridgehead atoms. The molecule has 0 fully saturated rings. The van der Waals surface area contributed by atoms with Crippen LogP contribution in [0.3, 0.4) is 0 Å². The number of methoxy groups -OCH3 is 4. The van der Waals surface area contributed by atoms with Gasteiger partial charge in [-0.25, -0.2) is 0 Å². The van der Waals surface area contributed by atoms with E-state index in [0.717, 1.165) is 66.3 Å². The standard InChI is InChI=1S/C10H13NO4.2C10H11NO2.C9H9F3.C9H11NO3.C9H12O2.C8H8ClNO2.C8H9NO3.C6H8S.2C6H14/c1-4-7-5-9(14-2)10(15-3)6-8(7)11(12)13;1-2-3-6-9-7-4-5-8-10(9)11(12)13;1-2-3-4-9-5-7-10(8-6-9)11(12)13;1-2-7-3-5-8(6-4-7)9(10,11)12;1-3-7-5-4-6-8(13-2)9(7)10(11)12;1-3-7-4-5-8(10)9(6-7)11-2;1-2-6-5-7(10(11)12)3-4-8(6)9;1-2-6-5-7(9(11)12)3-4-8(6)10;1-2-6-3-4-7-5-6;1-4-5-6(2)3;1-4-6(3)5-2/h5-6H,4H2,1-3H3;2*3-8H,2H2,1H3;3-6H,2H2,1H3;4-6H,3H2,1-2H3;4-6,10H,3H2,1-2H3;3-5H,2H2,1H3;3-5,10H,2H2,1H3;3-5H,2H2,1H3;2*6H,4-5H2,1-3H3/b;6-3+;4-3+;;;;;;;;. The lowest BCUT2D eigenvalue weighted by Gasteiger charge is -2.09. The van der Waals surface area contributed by atoms with Crippen LogP contribution < -0.4 is 18.9 Å². The summed E-state index contributed by atoms with van der Waals surface area (Å²) in [6.07, 6.45) is 16.0. The number of non-ortho nitro benzene ring substituents is 3. The third kappa shape index (κ3) is 44.7. The molecule has 24 nitrogen and oxygen atoms in total. The highest BCUT2D eigenvalue weighted by atomic mass is 35.5. The Labute approximate surface area is 713 Å². The van der Waals surface area contributed by atoms with Crippen LogP contribution in [0.15, 0.2) is 187 Å². The maximum Gasteiger partial charge on any atom is 0.416 e. The SMILES string of the molecule is CC/C=C/c1ccc([N+](=O)[O-])cc1.CC/C=C/c1ccccc1[N+](=O)[O-].CCC(C)CC.CCCC(C)C.CCc1cc(OC)c(OC)cc1[N+](=O)[O-].CCc1cc([N+](=O)[O-])ccc1Cl.CCc1cc([N+](=O)[O-])ccc1O.CCc1ccc(C(F)(F)F)cc1.CCc1ccc(O)c(OC)c1.CCc1cccc(OC)c1[N+](=O)[O-].CCc1ccsc1. The monoisotopic (exact) mass is 1710 g/mol. The number of aryl methyl sites for hydroxylation is 7. The summed E-state index contributed by atoms with van der Waals surface area (Å²) >= 11 is 7.54. The summed E-state index contributed by atoms with van der Waals surface area (Å²) in [5, 5.41) is 86.2. The molecule has 0 aliphatic rings. The van der Waals surface area contributed by atoms with Crippen LogP contribution in [0.25, 0.3) is 12.2 Å². The predicted octanol–water partition coefficient (Wildman–Crippen LogP) is 27.5. The highest BCUT2D eigenvalue weighted by molar-refractivity contribution is 7.07. The van der Waals surface area contributed by atoms with Crippen molar-refractivity contribution < 1.29 is 71.9 Å². The van der Waals surface area contributed by atoms with Gasteiger partial charge in [-0.15, -0.1) is 0 Å². The molecule has 0 saturated carbocycles. The Morgan fingerprint density at radius 2 is 0.908 bits per heavy atom. The number of thiophene rings is 1. The normalized spacial score (nSPS) is 10.1. The Morgan fingerprint density at radius 1 is 0.433 bits per heavy atom. The number of aromatic hydroxyl groups is 2. The molecule has 2 N–H and O–H groups in total. The van der Waals surface area contributed by atoms with E-state index in [2.05, 4.69) is 72.2 Å². The van der Waals surface area contributed by atoms with E-state index >= 15 is 0 Å². The summed E-state index contributed by atoms with van der Waals surface area (Å²) < 4.78 is 56.0. The highest BCUT2D eigenvalue weighted by Gasteiger charge is 2.30. The number of rotatable bonds is 25. The Kier molecular flexibility index (Phi) is 58.2. The number of alkyl halides is 3. The minimum absolute atomic E-state index is 0.0182. The van der Waals surface area contributed by atoms with E-state index in [1.807, 2.05) is 78.8 Å². The summed E-state index contributed by atoms with van der Waals surface area (Å²) in [6, 6.07) is 42.6. The molecule has 1 heterocycles. The number of hydrogen-bond donors (Lipinski definition) is 2. The number of nitrogens with zero attached hydrogens (tertiary/aromatic N) is 6. The van der Waals surface area contributed by atoms with Gasteiger partial charge in [0.25, 0.3) is 28.4 Å². The number of phenolic OH excluding ortho intramolecular Hbond substituents is 2. The van der Waals surface area contributed by atoms with Gasteiger partial charge in [0.1, 0.15) is 5.75 Å². The summed E-state index contributed by atoms with van der Waals surface area (Å²) in [5.41, 5.74) is 7.90. The van der Waals surface area contributed by atoms with Gasteiger partial charge in [-0.1, -0.05) is 208 Å². The fraction of sp³-hybridized carbons (Fsp3) is 0.385. The van der Waals surface area contributed by atoms with Crippen molar-refractivity contribution in [2.45, 2.75) is 194 Å². The molecule has 9 rings (SSSR count). The van der Waals surface area contributed by atoms with Crippen LogP contribution in [0.1, 0.15) is 198 Å². The van der Waals surface area contributed by atoms with E-state index in [-0.39, 0.29) is 50.5 Å². The molecule has 0 amide bonds. The maximum atomic E-state index is 12.0. The van der Waals surface area contributed by atoms with E-state index in [4.69, 9.17) is 30.5 Å². The molecule has 0 spiro atoms. The topological polar surface area (TPSA) is 336 Å². The molecule has 0 atom stereocenters. The largest absolute Gasteiger partial charge is 0.508 e. The van der Waals surface area contributed by atoms with Crippen molar-refractivity contribution in [3.8, 4) is 34.5 Å². The zero-order chi connectivity index (χ0) is 91.5. The quantitative estimate of drug-likeness (QED) is 0.0396. The molecule has 0 aliphatic carbocycles. The molecule has 0 aliphatic heterocycles. The molecule has 29 heteroatoms. The Balaban J connectivity index is 0. The van der Waals surface area contributed by atoms with Crippen LogP contribution >= 0.6 is 22.9 Å². The molecule has 0 radical (unpaired) electrons. The van der Waals surface area contributed by atoms with E-state index < -0.39 is 36.4 Å². The number of allylic oxidation sites excluding steroid dienone is 2. The van der Waals surface area contributed by atoms with Crippen LogP contribution in [-0.4, -0.2) is 68.2 Å². The first-order chi connectivity index (χ1) is 56.9. The Bertz CT molecular complexity index is 4420. The van der Waals surface area contributed by atoms with Crippen molar-refractivity contribution in [2.24, 2.45) is 11.8 Å². The number of phenols is 2. The summed E-state index contributed by atoms with van der Waals surface area (Å²) in [5.74, 6) is 3.91. The van der Waals surface area contributed by atoms with Crippen LogP contribution in [-0.2, 0) is 51.1 Å². The molecular weight excluding hydrogens is 1590 g/mol. The molecule has 0 saturated heterocycles. The lowest BCUT2D eigenvalue weighted by atomic mass is 10.1. The van der Waals surface area contributed by atoms with Gasteiger partial charge >= 0.3 is 11.9 Å². The van der Waals surface area contributed by atoms with Gasteiger partial charge in [-0.2, -0.15) is 24.5 Å². The van der Waals surface area contributed by atoms with Crippen LogP contribution in [0, 0.1) is 72.5 Å². The third-order valence-corrected chi connectivity index (χ3v) is 18.3. The molecular formula is C91H120ClF3N6O18S. The number of para-hydroxylation sites is 2. The molecule has 120 heavy (non-hydrogen) atoms. The van der Waals surface area contributed by atoms with Gasteiger partial charge in [0, 0.05) is 64.2 Å². The Hall–Kier alpha value is -11.8. The van der Waals surface area contributed by atoms with Crippen molar-refractivity contribution in [2.75, 3.05) is 28.4 Å². The number of nitro groups is 6. The maximum absolute atomic E-state index is 12.0. The van der Waals surface area contributed by atoms with Crippen molar-refractivity contribution >= 4 is 69.2 Å². The van der Waals surface area contributed by atoms with Crippen molar-refractivity contribution in [1.82, 2.24) is 0 Å².